The lowest BCUT2D eigenvalue weighted by Crippen LogP contribution is -2.32. The molecule has 1 aliphatic carbocycles. The van der Waals surface area contributed by atoms with Crippen LogP contribution in [0.5, 0.6) is 0 Å². The first kappa shape index (κ1) is 10.8. The summed E-state index contributed by atoms with van der Waals surface area (Å²) < 4.78 is 0. The zero-order valence-electron chi connectivity index (χ0n) is 9.78. The van der Waals surface area contributed by atoms with Crippen molar-refractivity contribution in [1.29, 1.82) is 0 Å². The van der Waals surface area contributed by atoms with E-state index in [1.807, 2.05) is 0 Å². The molecular formula is C14H17NO2. The molecule has 17 heavy (non-hydrogen) atoms. The highest BCUT2D eigenvalue weighted by Crippen LogP contribution is 2.34. The molecule has 0 aromatic heterocycles. The van der Waals surface area contributed by atoms with Crippen molar-refractivity contribution < 1.29 is 9.90 Å². The highest BCUT2D eigenvalue weighted by Gasteiger charge is 2.31. The third-order valence-corrected chi connectivity index (χ3v) is 4.00. The van der Waals surface area contributed by atoms with Gasteiger partial charge in [-0.3, -0.25) is 10.1 Å². The van der Waals surface area contributed by atoms with Crippen molar-refractivity contribution in [2.24, 2.45) is 0 Å². The monoisotopic (exact) mass is 231 g/mol. The predicted octanol–water partition coefficient (Wildman–Crippen LogP) is 2.05. The molecule has 90 valence electrons. The van der Waals surface area contributed by atoms with Crippen LogP contribution in [0.3, 0.4) is 0 Å². The van der Waals surface area contributed by atoms with E-state index in [-0.39, 0.29) is 12.1 Å². The Labute approximate surface area is 101 Å². The fraction of sp³-hybridized carbons (Fsp3) is 0.500. The van der Waals surface area contributed by atoms with Gasteiger partial charge in [0, 0.05) is 6.04 Å². The number of carbonyl (C=O) groups is 1. The molecule has 2 aliphatic rings. The van der Waals surface area contributed by atoms with E-state index in [4.69, 9.17) is 5.11 Å². The van der Waals surface area contributed by atoms with Crippen LogP contribution >= 0.6 is 0 Å². The maximum atomic E-state index is 10.9. The Morgan fingerprint density at radius 1 is 1.29 bits per heavy atom. The van der Waals surface area contributed by atoms with Crippen LogP contribution in [-0.4, -0.2) is 17.1 Å². The first-order valence-corrected chi connectivity index (χ1v) is 6.35. The van der Waals surface area contributed by atoms with Crippen molar-refractivity contribution in [3.05, 3.63) is 34.9 Å². The van der Waals surface area contributed by atoms with Gasteiger partial charge in [-0.05, 0) is 48.8 Å². The minimum Gasteiger partial charge on any atom is -0.480 e. The fourth-order valence-electron chi connectivity index (χ4n) is 3.16. The van der Waals surface area contributed by atoms with Gasteiger partial charge in [0.2, 0.25) is 0 Å². The smallest absolute Gasteiger partial charge is 0.320 e. The van der Waals surface area contributed by atoms with Gasteiger partial charge < -0.3 is 5.11 Å². The molecule has 3 nitrogen and oxygen atoms in total. The van der Waals surface area contributed by atoms with E-state index < -0.39 is 5.97 Å². The topological polar surface area (TPSA) is 49.3 Å². The number of benzene rings is 1. The van der Waals surface area contributed by atoms with E-state index in [2.05, 4.69) is 23.5 Å². The summed E-state index contributed by atoms with van der Waals surface area (Å²) in [5, 5.41) is 12.2. The molecule has 0 spiro atoms. The maximum Gasteiger partial charge on any atom is 0.320 e. The zero-order valence-corrected chi connectivity index (χ0v) is 9.78. The summed E-state index contributed by atoms with van der Waals surface area (Å²) in [7, 11) is 0. The zero-order chi connectivity index (χ0) is 11.8. The quantitative estimate of drug-likeness (QED) is 0.819. The van der Waals surface area contributed by atoms with E-state index in [0.29, 0.717) is 0 Å². The lowest BCUT2D eigenvalue weighted by molar-refractivity contribution is -0.139. The second-order valence-corrected chi connectivity index (χ2v) is 5.03. The minimum absolute atomic E-state index is 0.240. The molecule has 1 aliphatic heterocycles. The summed E-state index contributed by atoms with van der Waals surface area (Å²) >= 11 is 0. The van der Waals surface area contributed by atoms with Crippen LogP contribution in [0, 0.1) is 0 Å². The van der Waals surface area contributed by atoms with E-state index in [0.717, 1.165) is 19.3 Å². The molecule has 3 rings (SSSR count). The summed E-state index contributed by atoms with van der Waals surface area (Å²) in [5.41, 5.74) is 4.27. The standard InChI is InChI=1S/C14H17NO2/c16-14(17)13-8-7-12(15-13)11-6-2-4-9-3-1-5-10(9)11/h2,4,6,12-13,15H,1,3,5,7-8H2,(H,16,17). The van der Waals surface area contributed by atoms with Crippen LogP contribution in [-0.2, 0) is 17.6 Å². The van der Waals surface area contributed by atoms with E-state index in [9.17, 15) is 4.79 Å². The molecular weight excluding hydrogens is 214 g/mol. The Hall–Kier alpha value is -1.35. The molecule has 1 heterocycles. The van der Waals surface area contributed by atoms with Gasteiger partial charge in [-0.1, -0.05) is 18.2 Å². The molecule has 1 fully saturated rings. The van der Waals surface area contributed by atoms with Crippen LogP contribution in [0.15, 0.2) is 18.2 Å². The van der Waals surface area contributed by atoms with Gasteiger partial charge in [-0.25, -0.2) is 0 Å². The first-order chi connectivity index (χ1) is 8.25. The summed E-state index contributed by atoms with van der Waals surface area (Å²) in [6, 6.07) is 6.35. The van der Waals surface area contributed by atoms with Gasteiger partial charge >= 0.3 is 5.97 Å². The molecule has 2 N–H and O–H groups in total. The molecule has 1 aromatic carbocycles. The molecule has 0 amide bonds. The van der Waals surface area contributed by atoms with Crippen LogP contribution < -0.4 is 5.32 Å². The summed E-state index contributed by atoms with van der Waals surface area (Å²) in [6.45, 7) is 0. The molecule has 0 radical (unpaired) electrons. The van der Waals surface area contributed by atoms with Crippen molar-refractivity contribution in [2.45, 2.75) is 44.2 Å². The summed E-state index contributed by atoms with van der Waals surface area (Å²) in [6.07, 6.45) is 5.25. The Morgan fingerprint density at radius 2 is 2.18 bits per heavy atom. The Bertz CT molecular complexity index is 456. The van der Waals surface area contributed by atoms with Crippen molar-refractivity contribution in [3.8, 4) is 0 Å². The third kappa shape index (κ3) is 1.84. The number of carboxylic acids is 1. The van der Waals surface area contributed by atoms with Gasteiger partial charge in [-0.15, -0.1) is 0 Å². The molecule has 0 saturated carbocycles. The van der Waals surface area contributed by atoms with Gasteiger partial charge in [0.1, 0.15) is 6.04 Å². The van der Waals surface area contributed by atoms with Crippen LogP contribution in [0.25, 0.3) is 0 Å². The summed E-state index contributed by atoms with van der Waals surface area (Å²) in [5.74, 6) is -0.722. The van der Waals surface area contributed by atoms with Crippen molar-refractivity contribution in [2.75, 3.05) is 0 Å². The largest absolute Gasteiger partial charge is 0.480 e. The Balaban J connectivity index is 1.86. The number of fused-ring (bicyclic) bond motifs is 1. The van der Waals surface area contributed by atoms with E-state index in [1.54, 1.807) is 0 Å². The van der Waals surface area contributed by atoms with Gasteiger partial charge in [0.15, 0.2) is 0 Å². The van der Waals surface area contributed by atoms with Crippen molar-refractivity contribution in [3.63, 3.8) is 0 Å². The van der Waals surface area contributed by atoms with Crippen LogP contribution in [0.2, 0.25) is 0 Å². The minimum atomic E-state index is -0.722. The third-order valence-electron chi connectivity index (χ3n) is 4.00. The van der Waals surface area contributed by atoms with Crippen LogP contribution in [0.1, 0.15) is 42.0 Å². The maximum absolute atomic E-state index is 10.9. The van der Waals surface area contributed by atoms with Crippen molar-refractivity contribution >= 4 is 5.97 Å². The van der Waals surface area contributed by atoms with Gasteiger partial charge in [-0.2, -0.15) is 0 Å². The molecule has 2 unspecified atom stereocenters. The molecule has 0 bridgehead atoms. The highest BCUT2D eigenvalue weighted by atomic mass is 16.4. The number of hydrogen-bond acceptors (Lipinski definition) is 2. The fourth-order valence-corrected chi connectivity index (χ4v) is 3.16. The second kappa shape index (κ2) is 4.15. The number of rotatable bonds is 2. The number of aliphatic carboxylic acids is 1. The molecule has 3 heteroatoms. The molecule has 2 atom stereocenters. The SMILES string of the molecule is O=C(O)C1CCC(c2cccc3c2CCC3)N1. The van der Waals surface area contributed by atoms with Gasteiger partial charge in [0.25, 0.3) is 0 Å². The normalized spacial score (nSPS) is 27.1. The first-order valence-electron chi connectivity index (χ1n) is 6.35. The Kier molecular flexibility index (Phi) is 2.63. The predicted molar refractivity (Wildman–Crippen MR) is 65.0 cm³/mol. The molecule has 1 aromatic rings. The second-order valence-electron chi connectivity index (χ2n) is 5.03. The van der Waals surface area contributed by atoms with Crippen molar-refractivity contribution in [1.82, 2.24) is 5.32 Å². The average Bonchev–Trinajstić information content (AvgIpc) is 2.97. The summed E-state index contributed by atoms with van der Waals surface area (Å²) in [4.78, 5) is 10.9. The number of aryl methyl sites for hydroxylation is 1. The number of hydrogen-bond donors (Lipinski definition) is 2. The van der Waals surface area contributed by atoms with Gasteiger partial charge in [0.05, 0.1) is 0 Å². The molecule has 1 saturated heterocycles. The lowest BCUT2D eigenvalue weighted by Gasteiger charge is -2.16. The number of carboxylic acid groups (broad SMARTS) is 1. The Morgan fingerprint density at radius 3 is 2.94 bits per heavy atom. The average molecular weight is 231 g/mol. The van der Waals surface area contributed by atoms with E-state index in [1.165, 1.54) is 29.5 Å². The number of nitrogens with one attached hydrogen (secondary N) is 1. The highest BCUT2D eigenvalue weighted by molar-refractivity contribution is 5.74. The van der Waals surface area contributed by atoms with Crippen LogP contribution in [0.4, 0.5) is 0 Å². The van der Waals surface area contributed by atoms with E-state index >= 15 is 0 Å². The lowest BCUT2D eigenvalue weighted by atomic mass is 9.96.